The fraction of sp³-hybridized carbons (Fsp3) is 0.526. The number of primary amides is 1. The van der Waals surface area contributed by atoms with E-state index in [0.29, 0.717) is 18.6 Å². The van der Waals surface area contributed by atoms with Gasteiger partial charge in [-0.3, -0.25) is 14.4 Å². The van der Waals surface area contributed by atoms with Gasteiger partial charge in [0.1, 0.15) is 5.75 Å². The van der Waals surface area contributed by atoms with Crippen molar-refractivity contribution in [3.05, 3.63) is 24.3 Å². The topological polar surface area (TPSA) is 136 Å². The Kier molecular flexibility index (Phi) is 7.74. The Morgan fingerprint density at radius 2 is 2.07 bits per heavy atom. The molecule has 1 fully saturated rings. The van der Waals surface area contributed by atoms with Gasteiger partial charge in [0, 0.05) is 25.5 Å². The Bertz CT molecular complexity index is 870. The second-order valence-electron chi connectivity index (χ2n) is 7.23. The van der Waals surface area contributed by atoms with E-state index < -0.39 is 22.0 Å². The van der Waals surface area contributed by atoms with Gasteiger partial charge in [-0.25, -0.2) is 8.42 Å². The number of amides is 2. The summed E-state index contributed by atoms with van der Waals surface area (Å²) in [5, 5.41) is 2.66. The highest BCUT2D eigenvalue weighted by atomic mass is 32.2. The molecule has 1 aliphatic rings. The van der Waals surface area contributed by atoms with Crippen molar-refractivity contribution < 1.29 is 27.5 Å². The molecule has 0 spiro atoms. The first-order valence-corrected chi connectivity index (χ1v) is 10.8. The third kappa shape index (κ3) is 6.26. The van der Waals surface area contributed by atoms with Crippen molar-refractivity contribution in [1.82, 2.24) is 9.62 Å². The molecular formula is C19H27N3O6S. The standard InChI is InChI=1S/C19H27N3O6S/c1-13(9-18(20)24)10-19(25)21-16-7-4-8-22(12-17(16)23)29(26,27)15-6-3-5-14(11-15)28-2/h3,5-6,11,13,16H,4,7-10,12H2,1-2H3,(H2,20,24)(H,21,25)/t13-,16?/m0/s1. The normalized spacial score (nSPS) is 19.2. The molecule has 9 nitrogen and oxygen atoms in total. The van der Waals surface area contributed by atoms with Gasteiger partial charge >= 0.3 is 0 Å². The number of rotatable bonds is 8. The molecule has 2 amide bonds. The molecule has 2 rings (SSSR count). The predicted octanol–water partition coefficient (Wildman–Crippen LogP) is 0.435. The van der Waals surface area contributed by atoms with Crippen LogP contribution in [-0.2, 0) is 24.4 Å². The van der Waals surface area contributed by atoms with Crippen LogP contribution in [0.3, 0.4) is 0 Å². The van der Waals surface area contributed by atoms with Crippen LogP contribution in [0.15, 0.2) is 29.2 Å². The first-order valence-electron chi connectivity index (χ1n) is 9.38. The van der Waals surface area contributed by atoms with Gasteiger partial charge in [0.15, 0.2) is 5.78 Å². The maximum Gasteiger partial charge on any atom is 0.243 e. The molecule has 0 bridgehead atoms. The lowest BCUT2D eigenvalue weighted by Crippen LogP contribution is -2.44. The molecule has 2 atom stereocenters. The number of carbonyl (C=O) groups is 3. The van der Waals surface area contributed by atoms with Gasteiger partial charge < -0.3 is 15.8 Å². The minimum Gasteiger partial charge on any atom is -0.497 e. The number of nitrogens with two attached hydrogens (primary N) is 1. The first kappa shape index (κ1) is 22.8. The van der Waals surface area contributed by atoms with Crippen LogP contribution in [0.2, 0.25) is 0 Å². The minimum absolute atomic E-state index is 0.0485. The lowest BCUT2D eigenvalue weighted by atomic mass is 10.0. The van der Waals surface area contributed by atoms with Gasteiger partial charge in [0.25, 0.3) is 0 Å². The van der Waals surface area contributed by atoms with E-state index in [2.05, 4.69) is 5.32 Å². The van der Waals surface area contributed by atoms with Crippen LogP contribution in [-0.4, -0.2) is 56.6 Å². The molecule has 0 saturated carbocycles. The summed E-state index contributed by atoms with van der Waals surface area (Å²) in [6.45, 7) is 1.58. The summed E-state index contributed by atoms with van der Waals surface area (Å²) in [6, 6.07) is 5.31. The Labute approximate surface area is 170 Å². The molecule has 1 aromatic carbocycles. The van der Waals surface area contributed by atoms with Crippen LogP contribution in [0.25, 0.3) is 0 Å². The highest BCUT2D eigenvalue weighted by Crippen LogP contribution is 2.23. The third-order valence-electron chi connectivity index (χ3n) is 4.72. The van der Waals surface area contributed by atoms with Gasteiger partial charge in [-0.2, -0.15) is 4.31 Å². The van der Waals surface area contributed by atoms with Gasteiger partial charge in [0.2, 0.25) is 21.8 Å². The number of hydrogen-bond donors (Lipinski definition) is 2. The van der Waals surface area contributed by atoms with Gasteiger partial charge in [-0.15, -0.1) is 0 Å². The van der Waals surface area contributed by atoms with E-state index >= 15 is 0 Å². The van der Waals surface area contributed by atoms with Crippen LogP contribution in [0.1, 0.15) is 32.6 Å². The molecule has 1 aliphatic heterocycles. The molecule has 3 N–H and O–H groups in total. The number of benzene rings is 1. The summed E-state index contributed by atoms with van der Waals surface area (Å²) in [5.41, 5.74) is 5.12. The van der Waals surface area contributed by atoms with E-state index in [1.54, 1.807) is 19.1 Å². The van der Waals surface area contributed by atoms with E-state index in [0.717, 1.165) is 4.31 Å². The average molecular weight is 426 g/mol. The second-order valence-corrected chi connectivity index (χ2v) is 9.16. The van der Waals surface area contributed by atoms with Crippen LogP contribution < -0.4 is 15.8 Å². The van der Waals surface area contributed by atoms with Crippen molar-refractivity contribution in [2.75, 3.05) is 20.2 Å². The molecule has 160 valence electrons. The zero-order valence-electron chi connectivity index (χ0n) is 16.6. The van der Waals surface area contributed by atoms with Crippen molar-refractivity contribution in [3.63, 3.8) is 0 Å². The van der Waals surface area contributed by atoms with E-state index in [4.69, 9.17) is 10.5 Å². The number of nitrogens with one attached hydrogen (secondary N) is 1. The quantitative estimate of drug-likeness (QED) is 0.620. The van der Waals surface area contributed by atoms with E-state index in [1.807, 2.05) is 0 Å². The molecular weight excluding hydrogens is 398 g/mol. The number of carbonyl (C=O) groups excluding carboxylic acids is 3. The molecule has 1 heterocycles. The Hall–Kier alpha value is -2.46. The number of ketones is 1. The largest absolute Gasteiger partial charge is 0.497 e. The van der Waals surface area contributed by atoms with Crippen molar-refractivity contribution in [2.45, 2.75) is 43.5 Å². The number of ether oxygens (including phenoxy) is 1. The number of nitrogens with zero attached hydrogens (tertiary/aromatic N) is 1. The van der Waals surface area contributed by atoms with Crippen LogP contribution >= 0.6 is 0 Å². The number of sulfonamides is 1. The summed E-state index contributed by atoms with van der Waals surface area (Å²) in [4.78, 5) is 35.8. The molecule has 29 heavy (non-hydrogen) atoms. The number of methoxy groups -OCH3 is 1. The van der Waals surface area contributed by atoms with Gasteiger partial charge in [0.05, 0.1) is 24.6 Å². The van der Waals surface area contributed by atoms with Crippen molar-refractivity contribution in [3.8, 4) is 5.75 Å². The molecule has 1 aromatic rings. The smallest absolute Gasteiger partial charge is 0.243 e. The summed E-state index contributed by atoms with van der Waals surface area (Å²) in [5.74, 6) is -1.05. The number of hydrogen-bond acceptors (Lipinski definition) is 6. The zero-order valence-corrected chi connectivity index (χ0v) is 17.4. The average Bonchev–Trinajstić information content (AvgIpc) is 2.83. The fourth-order valence-electron chi connectivity index (χ4n) is 3.25. The SMILES string of the molecule is COc1cccc(S(=O)(=O)N2CCCC(NC(=O)C[C@@H](C)CC(N)=O)C(=O)C2)c1. The van der Waals surface area contributed by atoms with Crippen LogP contribution in [0.4, 0.5) is 0 Å². The van der Waals surface area contributed by atoms with Crippen LogP contribution in [0, 0.1) is 5.92 Å². The minimum atomic E-state index is -3.87. The lowest BCUT2D eigenvalue weighted by molar-refractivity contribution is -0.128. The Balaban J connectivity index is 2.04. The fourth-order valence-corrected chi connectivity index (χ4v) is 4.73. The summed E-state index contributed by atoms with van der Waals surface area (Å²) >= 11 is 0. The van der Waals surface area contributed by atoms with Crippen molar-refractivity contribution in [1.29, 1.82) is 0 Å². The first-order chi connectivity index (χ1) is 13.6. The van der Waals surface area contributed by atoms with Crippen molar-refractivity contribution >= 4 is 27.6 Å². The zero-order chi connectivity index (χ0) is 21.6. The molecule has 10 heteroatoms. The molecule has 0 aliphatic carbocycles. The highest BCUT2D eigenvalue weighted by molar-refractivity contribution is 7.89. The highest BCUT2D eigenvalue weighted by Gasteiger charge is 2.33. The number of Topliss-reactive ketones (excluding diaryl/α,β-unsaturated/α-hetero) is 1. The monoisotopic (exact) mass is 425 g/mol. The van der Waals surface area contributed by atoms with Crippen LogP contribution in [0.5, 0.6) is 5.75 Å². The maximum atomic E-state index is 12.9. The lowest BCUT2D eigenvalue weighted by Gasteiger charge is -2.20. The Morgan fingerprint density at radius 3 is 2.72 bits per heavy atom. The second kappa shape index (κ2) is 9.84. The Morgan fingerprint density at radius 1 is 1.34 bits per heavy atom. The summed E-state index contributed by atoms with van der Waals surface area (Å²) < 4.78 is 32.0. The maximum absolute atomic E-state index is 12.9. The predicted molar refractivity (Wildman–Crippen MR) is 106 cm³/mol. The van der Waals surface area contributed by atoms with Gasteiger partial charge in [-0.05, 0) is 30.9 Å². The molecule has 0 radical (unpaired) electrons. The van der Waals surface area contributed by atoms with Crippen molar-refractivity contribution in [2.24, 2.45) is 11.7 Å². The van der Waals surface area contributed by atoms with Gasteiger partial charge in [-0.1, -0.05) is 13.0 Å². The van der Waals surface area contributed by atoms with E-state index in [-0.39, 0.29) is 48.4 Å². The summed E-state index contributed by atoms with van der Waals surface area (Å²) in [7, 11) is -2.42. The molecule has 1 saturated heterocycles. The molecule has 1 unspecified atom stereocenters. The third-order valence-corrected chi connectivity index (χ3v) is 6.56. The summed E-state index contributed by atoms with van der Waals surface area (Å²) in [6.07, 6.45) is 0.923. The van der Waals surface area contributed by atoms with E-state index in [1.165, 1.54) is 19.2 Å². The molecule has 0 aromatic heterocycles. The van der Waals surface area contributed by atoms with E-state index in [9.17, 15) is 22.8 Å².